The van der Waals surface area contributed by atoms with Crippen molar-refractivity contribution in [1.82, 2.24) is 10.2 Å². The molecule has 1 aromatic carbocycles. The molecule has 1 aromatic heterocycles. The number of nitrogens with zero attached hydrogens (tertiary/aromatic N) is 1. The number of nitrogens with one attached hydrogen (secondary N) is 1. The molecule has 2 heterocycles. The van der Waals surface area contributed by atoms with Crippen molar-refractivity contribution >= 4 is 52.5 Å². The molecule has 0 saturated carbocycles. The highest BCUT2D eigenvalue weighted by Gasteiger charge is 2.29. The van der Waals surface area contributed by atoms with E-state index in [4.69, 9.17) is 39.8 Å². The summed E-state index contributed by atoms with van der Waals surface area (Å²) in [6.07, 6.45) is 1.62. The highest BCUT2D eigenvalue weighted by molar-refractivity contribution is 7.80. The van der Waals surface area contributed by atoms with Crippen LogP contribution in [0.3, 0.4) is 0 Å². The highest BCUT2D eigenvalue weighted by atomic mass is 35.5. The van der Waals surface area contributed by atoms with Crippen molar-refractivity contribution in [2.24, 2.45) is 0 Å². The molecule has 23 heavy (non-hydrogen) atoms. The number of carbonyl (C=O) groups excluding carboxylic acids is 1. The Labute approximate surface area is 148 Å². The summed E-state index contributed by atoms with van der Waals surface area (Å²) in [5.74, 6) is 0.960. The number of hydrogen-bond donors (Lipinski definition) is 1. The molecule has 3 rings (SSSR count). The maximum absolute atomic E-state index is 12.1. The van der Waals surface area contributed by atoms with Crippen molar-refractivity contribution in [3.63, 3.8) is 0 Å². The van der Waals surface area contributed by atoms with E-state index in [-0.39, 0.29) is 5.91 Å². The van der Waals surface area contributed by atoms with E-state index in [0.29, 0.717) is 38.9 Å². The number of benzene rings is 1. The molecule has 7 heteroatoms. The van der Waals surface area contributed by atoms with Gasteiger partial charge in [-0.25, -0.2) is 0 Å². The average molecular weight is 367 g/mol. The largest absolute Gasteiger partial charge is 0.457 e. The van der Waals surface area contributed by atoms with Gasteiger partial charge in [0, 0.05) is 23.2 Å². The fraction of sp³-hybridized carbons (Fsp3) is 0.125. The van der Waals surface area contributed by atoms with Crippen LogP contribution in [0, 0.1) is 0 Å². The smallest absolute Gasteiger partial charge is 0.276 e. The van der Waals surface area contributed by atoms with Crippen molar-refractivity contribution < 1.29 is 9.21 Å². The first-order valence-electron chi connectivity index (χ1n) is 6.89. The number of halogens is 2. The second-order valence-electron chi connectivity index (χ2n) is 4.86. The monoisotopic (exact) mass is 366 g/mol. The number of furan rings is 1. The van der Waals surface area contributed by atoms with Crippen LogP contribution in [0.5, 0.6) is 0 Å². The third-order valence-electron chi connectivity index (χ3n) is 3.39. The van der Waals surface area contributed by atoms with Crippen molar-refractivity contribution in [1.29, 1.82) is 0 Å². The number of hydrogen-bond acceptors (Lipinski definition) is 3. The zero-order chi connectivity index (χ0) is 16.6. The summed E-state index contributed by atoms with van der Waals surface area (Å²) in [5, 5.41) is 4.34. The lowest BCUT2D eigenvalue weighted by molar-refractivity contribution is -0.122. The van der Waals surface area contributed by atoms with E-state index in [1.165, 1.54) is 4.90 Å². The van der Waals surface area contributed by atoms with Crippen LogP contribution >= 0.6 is 35.4 Å². The Bertz CT molecular complexity index is 829. The topological polar surface area (TPSA) is 45.5 Å². The Morgan fingerprint density at radius 1 is 1.30 bits per heavy atom. The maximum Gasteiger partial charge on any atom is 0.276 e. The summed E-state index contributed by atoms with van der Waals surface area (Å²) in [6.45, 7) is 2.38. The van der Waals surface area contributed by atoms with Gasteiger partial charge in [0.05, 0.1) is 5.02 Å². The number of carbonyl (C=O) groups is 1. The van der Waals surface area contributed by atoms with E-state index in [2.05, 4.69) is 5.32 Å². The van der Waals surface area contributed by atoms with Crippen LogP contribution in [0.4, 0.5) is 0 Å². The van der Waals surface area contributed by atoms with Crippen LogP contribution in [0.2, 0.25) is 10.0 Å². The van der Waals surface area contributed by atoms with Crippen LogP contribution in [0.15, 0.2) is 40.4 Å². The number of thiocarbonyl (C=S) groups is 1. The summed E-state index contributed by atoms with van der Waals surface area (Å²) in [6, 6.07) is 8.73. The SMILES string of the molecule is CCN1C(=O)/C(=C/c2ccc(-c3ccc(Cl)cc3Cl)o2)NC1=S. The summed E-state index contributed by atoms with van der Waals surface area (Å²) >= 11 is 17.2. The fourth-order valence-electron chi connectivity index (χ4n) is 2.27. The number of rotatable bonds is 3. The minimum absolute atomic E-state index is 0.167. The lowest BCUT2D eigenvalue weighted by Gasteiger charge is -2.08. The van der Waals surface area contributed by atoms with Gasteiger partial charge in [-0.2, -0.15) is 0 Å². The standard InChI is InChI=1S/C16H12Cl2N2O2S/c1-2-20-15(21)13(19-16(20)23)8-10-4-6-14(22-10)11-5-3-9(17)7-12(11)18/h3-8H,2H2,1H3,(H,19,23)/b13-8-. The van der Waals surface area contributed by atoms with E-state index in [1.54, 1.807) is 36.4 Å². The summed E-state index contributed by atoms with van der Waals surface area (Å²) < 4.78 is 5.75. The zero-order valence-electron chi connectivity index (χ0n) is 12.1. The molecule has 2 aromatic rings. The molecule has 1 N–H and O–H groups in total. The van der Waals surface area contributed by atoms with E-state index in [0.717, 1.165) is 5.56 Å². The number of amides is 1. The van der Waals surface area contributed by atoms with Gasteiger partial charge < -0.3 is 9.73 Å². The van der Waals surface area contributed by atoms with Crippen molar-refractivity contribution in [2.45, 2.75) is 6.92 Å². The Hall–Kier alpha value is -1.82. The molecule has 0 bridgehead atoms. The van der Waals surface area contributed by atoms with E-state index in [1.807, 2.05) is 6.92 Å². The van der Waals surface area contributed by atoms with Crippen molar-refractivity contribution in [3.05, 3.63) is 51.8 Å². The van der Waals surface area contributed by atoms with Gasteiger partial charge in [-0.15, -0.1) is 0 Å². The molecular weight excluding hydrogens is 355 g/mol. The Balaban J connectivity index is 1.90. The van der Waals surface area contributed by atoms with Gasteiger partial charge in [-0.1, -0.05) is 23.2 Å². The molecule has 4 nitrogen and oxygen atoms in total. The minimum atomic E-state index is -0.167. The van der Waals surface area contributed by atoms with E-state index < -0.39 is 0 Å². The maximum atomic E-state index is 12.1. The predicted molar refractivity (Wildman–Crippen MR) is 95.3 cm³/mol. The Morgan fingerprint density at radius 2 is 2.09 bits per heavy atom. The average Bonchev–Trinajstić information content (AvgIpc) is 3.05. The molecule has 1 saturated heterocycles. The summed E-state index contributed by atoms with van der Waals surface area (Å²) in [7, 11) is 0. The molecule has 0 aliphatic carbocycles. The number of likely N-dealkylation sites (N-methyl/N-ethyl adjacent to an activating group) is 1. The first-order valence-corrected chi connectivity index (χ1v) is 8.06. The van der Waals surface area contributed by atoms with Gasteiger partial charge >= 0.3 is 0 Å². The Kier molecular flexibility index (Phi) is 4.43. The van der Waals surface area contributed by atoms with Crippen LogP contribution in [-0.2, 0) is 4.79 Å². The molecule has 1 amide bonds. The molecule has 1 aliphatic rings. The summed E-state index contributed by atoms with van der Waals surface area (Å²) in [5.41, 5.74) is 1.12. The van der Waals surface area contributed by atoms with Gasteiger partial charge in [0.25, 0.3) is 5.91 Å². The molecule has 0 atom stereocenters. The molecular formula is C16H12Cl2N2O2S. The molecule has 0 unspecified atom stereocenters. The second-order valence-corrected chi connectivity index (χ2v) is 6.09. The van der Waals surface area contributed by atoms with Crippen molar-refractivity contribution in [3.8, 4) is 11.3 Å². The normalized spacial score (nSPS) is 16.3. The summed E-state index contributed by atoms with van der Waals surface area (Å²) in [4.78, 5) is 13.6. The first kappa shape index (κ1) is 16.1. The lowest BCUT2D eigenvalue weighted by Crippen LogP contribution is -2.30. The molecule has 118 valence electrons. The lowest BCUT2D eigenvalue weighted by atomic mass is 10.2. The van der Waals surface area contributed by atoms with Gasteiger partial charge in [-0.3, -0.25) is 9.69 Å². The third kappa shape index (κ3) is 3.13. The van der Waals surface area contributed by atoms with Crippen LogP contribution in [-0.4, -0.2) is 22.5 Å². The quantitative estimate of drug-likeness (QED) is 0.648. The molecule has 1 aliphatic heterocycles. The molecule has 0 radical (unpaired) electrons. The third-order valence-corrected chi connectivity index (χ3v) is 4.26. The predicted octanol–water partition coefficient (Wildman–Crippen LogP) is 4.33. The van der Waals surface area contributed by atoms with Gasteiger partial charge in [0.1, 0.15) is 17.2 Å². The van der Waals surface area contributed by atoms with Crippen molar-refractivity contribution in [2.75, 3.05) is 6.54 Å². The Morgan fingerprint density at radius 3 is 2.74 bits per heavy atom. The first-order chi connectivity index (χ1) is 11.0. The fourth-order valence-corrected chi connectivity index (χ4v) is 3.09. The highest BCUT2D eigenvalue weighted by Crippen LogP contribution is 2.32. The minimum Gasteiger partial charge on any atom is -0.457 e. The van der Waals surface area contributed by atoms with Crippen LogP contribution < -0.4 is 5.32 Å². The van der Waals surface area contributed by atoms with Gasteiger partial charge in [0.2, 0.25) is 0 Å². The van der Waals surface area contributed by atoms with E-state index >= 15 is 0 Å². The molecule has 1 fully saturated rings. The van der Waals surface area contributed by atoms with Gasteiger partial charge in [-0.05, 0) is 49.5 Å². The molecule has 0 spiro atoms. The van der Waals surface area contributed by atoms with Crippen LogP contribution in [0.1, 0.15) is 12.7 Å². The van der Waals surface area contributed by atoms with Crippen LogP contribution in [0.25, 0.3) is 17.4 Å². The van der Waals surface area contributed by atoms with Gasteiger partial charge in [0.15, 0.2) is 5.11 Å². The zero-order valence-corrected chi connectivity index (χ0v) is 14.4. The van der Waals surface area contributed by atoms with E-state index in [9.17, 15) is 4.79 Å². The second kappa shape index (κ2) is 6.35.